The molecule has 1 aromatic rings. The standard InChI is InChI=1S/C10H13NO2S/c1-2-13-10(12)7-11-8-5-3-4-6-9(8)14/h3-6,11,14H,2,7H2,1H3. The third kappa shape index (κ3) is 3.30. The first-order valence-corrected chi connectivity index (χ1v) is 4.86. The number of nitrogens with one attached hydrogen (secondary N) is 1. The zero-order valence-corrected chi connectivity index (χ0v) is 8.88. The molecule has 0 amide bonds. The second kappa shape index (κ2) is 5.54. The van der Waals surface area contributed by atoms with Crippen LogP contribution >= 0.6 is 12.6 Å². The van der Waals surface area contributed by atoms with E-state index in [9.17, 15) is 4.79 Å². The number of para-hydroxylation sites is 1. The molecule has 0 spiro atoms. The third-order valence-electron chi connectivity index (χ3n) is 1.63. The maximum absolute atomic E-state index is 11.0. The van der Waals surface area contributed by atoms with Crippen LogP contribution in [0.4, 0.5) is 5.69 Å². The van der Waals surface area contributed by atoms with Gasteiger partial charge in [0, 0.05) is 10.6 Å². The van der Waals surface area contributed by atoms with Gasteiger partial charge in [0.25, 0.3) is 0 Å². The van der Waals surface area contributed by atoms with Crippen LogP contribution in [0.25, 0.3) is 0 Å². The van der Waals surface area contributed by atoms with E-state index in [1.165, 1.54) is 0 Å². The molecule has 0 saturated carbocycles. The van der Waals surface area contributed by atoms with Gasteiger partial charge >= 0.3 is 5.97 Å². The molecule has 4 heteroatoms. The lowest BCUT2D eigenvalue weighted by Gasteiger charge is -2.07. The molecule has 0 aliphatic rings. The highest BCUT2D eigenvalue weighted by Crippen LogP contribution is 2.17. The molecule has 3 nitrogen and oxygen atoms in total. The number of hydrogen-bond acceptors (Lipinski definition) is 4. The number of hydrogen-bond donors (Lipinski definition) is 2. The van der Waals surface area contributed by atoms with E-state index in [2.05, 4.69) is 17.9 Å². The first-order chi connectivity index (χ1) is 6.74. The maximum Gasteiger partial charge on any atom is 0.325 e. The molecule has 1 N–H and O–H groups in total. The Bertz CT molecular complexity index is 315. The largest absolute Gasteiger partial charge is 0.465 e. The van der Waals surface area contributed by atoms with E-state index in [1.54, 1.807) is 6.92 Å². The predicted octanol–water partition coefficient (Wildman–Crippen LogP) is 1.95. The number of ether oxygens (including phenoxy) is 1. The number of carbonyl (C=O) groups is 1. The van der Waals surface area contributed by atoms with Crippen LogP contribution in [0.5, 0.6) is 0 Å². The summed E-state index contributed by atoms with van der Waals surface area (Å²) in [5, 5.41) is 2.95. The quantitative estimate of drug-likeness (QED) is 0.590. The van der Waals surface area contributed by atoms with Gasteiger partial charge in [-0.1, -0.05) is 12.1 Å². The number of carbonyl (C=O) groups excluding carboxylic acids is 1. The van der Waals surface area contributed by atoms with Crippen LogP contribution in [0.3, 0.4) is 0 Å². The highest BCUT2D eigenvalue weighted by Gasteiger charge is 2.02. The molecule has 76 valence electrons. The molecule has 0 aliphatic carbocycles. The normalized spacial score (nSPS) is 9.57. The van der Waals surface area contributed by atoms with Gasteiger partial charge in [-0.2, -0.15) is 0 Å². The van der Waals surface area contributed by atoms with Gasteiger partial charge in [-0.15, -0.1) is 12.6 Å². The summed E-state index contributed by atoms with van der Waals surface area (Å²) in [6.45, 7) is 2.36. The summed E-state index contributed by atoms with van der Waals surface area (Å²) in [5.41, 5.74) is 0.837. The van der Waals surface area contributed by atoms with Crippen LogP contribution in [0.15, 0.2) is 29.2 Å². The zero-order chi connectivity index (χ0) is 10.4. The lowest BCUT2D eigenvalue weighted by atomic mass is 10.3. The lowest BCUT2D eigenvalue weighted by Crippen LogP contribution is -2.16. The first kappa shape index (κ1) is 10.9. The Morgan fingerprint density at radius 1 is 1.50 bits per heavy atom. The summed E-state index contributed by atoms with van der Waals surface area (Å²) in [5.74, 6) is -0.260. The molecule has 1 aromatic carbocycles. The van der Waals surface area contributed by atoms with E-state index in [4.69, 9.17) is 4.74 Å². The summed E-state index contributed by atoms with van der Waals surface area (Å²) in [7, 11) is 0. The number of thiol groups is 1. The molecule has 0 unspecified atom stereocenters. The van der Waals surface area contributed by atoms with Gasteiger partial charge in [-0.05, 0) is 19.1 Å². The molecule has 1 rings (SSSR count). The fourth-order valence-corrected chi connectivity index (χ4v) is 1.24. The van der Waals surface area contributed by atoms with Gasteiger partial charge < -0.3 is 10.1 Å². The Labute approximate surface area is 88.9 Å². The molecule has 0 bridgehead atoms. The number of rotatable bonds is 4. The Kier molecular flexibility index (Phi) is 4.32. The van der Waals surface area contributed by atoms with Crippen LogP contribution in [0.2, 0.25) is 0 Å². The molecular formula is C10H13NO2S. The van der Waals surface area contributed by atoms with Gasteiger partial charge in [-0.25, -0.2) is 0 Å². The van der Waals surface area contributed by atoms with Crippen molar-refractivity contribution in [3.63, 3.8) is 0 Å². The fraction of sp³-hybridized carbons (Fsp3) is 0.300. The molecule has 0 radical (unpaired) electrons. The molecule has 0 atom stereocenters. The molecule has 0 fully saturated rings. The van der Waals surface area contributed by atoms with Crippen molar-refractivity contribution in [2.45, 2.75) is 11.8 Å². The SMILES string of the molecule is CCOC(=O)CNc1ccccc1S. The van der Waals surface area contributed by atoms with Crippen molar-refractivity contribution in [3.05, 3.63) is 24.3 Å². The minimum Gasteiger partial charge on any atom is -0.465 e. The van der Waals surface area contributed by atoms with E-state index in [0.29, 0.717) is 6.61 Å². The van der Waals surface area contributed by atoms with Crippen LogP contribution in [-0.2, 0) is 9.53 Å². The molecule has 0 aromatic heterocycles. The topological polar surface area (TPSA) is 38.3 Å². The van der Waals surface area contributed by atoms with Crippen LogP contribution in [0.1, 0.15) is 6.92 Å². The molecular weight excluding hydrogens is 198 g/mol. The van der Waals surface area contributed by atoms with Crippen molar-refractivity contribution < 1.29 is 9.53 Å². The number of anilines is 1. The van der Waals surface area contributed by atoms with Crippen LogP contribution < -0.4 is 5.32 Å². The predicted molar refractivity (Wildman–Crippen MR) is 58.8 cm³/mol. The van der Waals surface area contributed by atoms with Crippen molar-refractivity contribution in [1.29, 1.82) is 0 Å². The summed E-state index contributed by atoms with van der Waals surface area (Å²) < 4.78 is 4.78. The Morgan fingerprint density at radius 3 is 2.86 bits per heavy atom. The fourth-order valence-electron chi connectivity index (χ4n) is 1.00. The summed E-state index contributed by atoms with van der Waals surface area (Å²) in [6, 6.07) is 7.49. The third-order valence-corrected chi connectivity index (χ3v) is 2.02. The molecule has 14 heavy (non-hydrogen) atoms. The summed E-state index contributed by atoms with van der Waals surface area (Å²) >= 11 is 4.24. The minimum absolute atomic E-state index is 0.172. The second-order valence-electron chi connectivity index (χ2n) is 2.68. The highest BCUT2D eigenvalue weighted by molar-refractivity contribution is 7.80. The van der Waals surface area contributed by atoms with Crippen molar-refractivity contribution in [3.8, 4) is 0 Å². The summed E-state index contributed by atoms with van der Waals surface area (Å²) in [4.78, 5) is 11.8. The van der Waals surface area contributed by atoms with E-state index in [-0.39, 0.29) is 12.5 Å². The highest BCUT2D eigenvalue weighted by atomic mass is 32.1. The van der Waals surface area contributed by atoms with Crippen molar-refractivity contribution in [2.24, 2.45) is 0 Å². The average Bonchev–Trinajstić information content (AvgIpc) is 2.17. The van der Waals surface area contributed by atoms with Crippen LogP contribution in [-0.4, -0.2) is 19.1 Å². The first-order valence-electron chi connectivity index (χ1n) is 4.41. The van der Waals surface area contributed by atoms with Crippen molar-refractivity contribution in [2.75, 3.05) is 18.5 Å². The van der Waals surface area contributed by atoms with Gasteiger partial charge in [0.1, 0.15) is 6.54 Å². The Hall–Kier alpha value is -1.16. The van der Waals surface area contributed by atoms with E-state index in [1.807, 2.05) is 24.3 Å². The average molecular weight is 211 g/mol. The molecule has 0 heterocycles. The van der Waals surface area contributed by atoms with Gasteiger partial charge in [0.05, 0.1) is 6.61 Å². The monoisotopic (exact) mass is 211 g/mol. The maximum atomic E-state index is 11.0. The Morgan fingerprint density at radius 2 is 2.21 bits per heavy atom. The smallest absolute Gasteiger partial charge is 0.325 e. The molecule has 0 saturated heterocycles. The number of benzene rings is 1. The van der Waals surface area contributed by atoms with Gasteiger partial charge in [0.2, 0.25) is 0 Å². The van der Waals surface area contributed by atoms with Crippen LogP contribution in [0, 0.1) is 0 Å². The second-order valence-corrected chi connectivity index (χ2v) is 3.16. The Balaban J connectivity index is 2.46. The van der Waals surface area contributed by atoms with E-state index >= 15 is 0 Å². The van der Waals surface area contributed by atoms with Gasteiger partial charge in [0.15, 0.2) is 0 Å². The lowest BCUT2D eigenvalue weighted by molar-refractivity contribution is -0.140. The minimum atomic E-state index is -0.260. The number of esters is 1. The van der Waals surface area contributed by atoms with E-state index < -0.39 is 0 Å². The van der Waals surface area contributed by atoms with Crippen molar-refractivity contribution in [1.82, 2.24) is 0 Å². The van der Waals surface area contributed by atoms with E-state index in [0.717, 1.165) is 10.6 Å². The molecule has 0 aliphatic heterocycles. The van der Waals surface area contributed by atoms with Crippen molar-refractivity contribution >= 4 is 24.3 Å². The summed E-state index contributed by atoms with van der Waals surface area (Å²) in [6.07, 6.45) is 0. The zero-order valence-electron chi connectivity index (χ0n) is 7.99. The van der Waals surface area contributed by atoms with Gasteiger partial charge in [-0.3, -0.25) is 4.79 Å².